The molecule has 2 aromatic heterocycles. The Morgan fingerprint density at radius 2 is 2.27 bits per heavy atom. The number of aromatic nitrogens is 4. The van der Waals surface area contributed by atoms with E-state index < -0.39 is 35.7 Å². The van der Waals surface area contributed by atoms with Crippen molar-refractivity contribution in [3.8, 4) is 0 Å². The van der Waals surface area contributed by atoms with Gasteiger partial charge in [-0.15, -0.1) is 0 Å². The molecule has 0 aromatic carbocycles. The minimum absolute atomic E-state index is 0.0311. The maximum Gasteiger partial charge on any atom is 0.280 e. The number of aliphatic hydroxyl groups is 3. The van der Waals surface area contributed by atoms with Crippen LogP contribution in [0.25, 0.3) is 11.2 Å². The van der Waals surface area contributed by atoms with Gasteiger partial charge in [-0.1, -0.05) is 0 Å². The minimum atomic E-state index is -1.71. The molecule has 0 spiro atoms. The molecule has 0 amide bonds. The van der Waals surface area contributed by atoms with E-state index in [2.05, 4.69) is 15.0 Å². The SMILES string of the molecule is C[C@H](O)[C@H]1O[C@@H](n2cnc3c(=O)[nH]c(N)nc32)[C@](C)(O)[C@@H]1O. The van der Waals surface area contributed by atoms with Gasteiger partial charge in [0, 0.05) is 0 Å². The molecular weight excluding hydrogens is 294 g/mol. The predicted octanol–water partition coefficient (Wildman–Crippen LogP) is -1.91. The van der Waals surface area contributed by atoms with E-state index in [1.807, 2.05) is 0 Å². The van der Waals surface area contributed by atoms with Gasteiger partial charge in [-0.05, 0) is 13.8 Å². The number of nitrogens with one attached hydrogen (secondary N) is 1. The maximum absolute atomic E-state index is 11.8. The molecule has 0 unspecified atom stereocenters. The molecular formula is C12H17N5O5. The fraction of sp³-hybridized carbons (Fsp3) is 0.583. The van der Waals surface area contributed by atoms with Crippen molar-refractivity contribution < 1.29 is 20.1 Å². The summed E-state index contributed by atoms with van der Waals surface area (Å²) in [5.41, 5.74) is 3.43. The highest BCUT2D eigenvalue weighted by molar-refractivity contribution is 5.70. The first-order chi connectivity index (χ1) is 10.2. The van der Waals surface area contributed by atoms with Crippen LogP contribution < -0.4 is 11.3 Å². The summed E-state index contributed by atoms with van der Waals surface area (Å²) in [6.07, 6.45) is -3.13. The van der Waals surface area contributed by atoms with Gasteiger partial charge in [-0.2, -0.15) is 4.98 Å². The molecule has 5 atom stereocenters. The molecule has 120 valence electrons. The zero-order valence-electron chi connectivity index (χ0n) is 12.0. The first-order valence-electron chi connectivity index (χ1n) is 6.69. The van der Waals surface area contributed by atoms with Gasteiger partial charge in [-0.3, -0.25) is 14.3 Å². The van der Waals surface area contributed by atoms with Gasteiger partial charge in [0.05, 0.1) is 12.4 Å². The van der Waals surface area contributed by atoms with Gasteiger partial charge in [0.2, 0.25) is 5.95 Å². The Morgan fingerprint density at radius 1 is 1.59 bits per heavy atom. The van der Waals surface area contributed by atoms with Crippen LogP contribution in [0.5, 0.6) is 0 Å². The number of imidazole rings is 1. The Labute approximate surface area is 124 Å². The molecule has 2 aromatic rings. The van der Waals surface area contributed by atoms with Gasteiger partial charge in [-0.25, -0.2) is 4.98 Å². The van der Waals surface area contributed by atoms with Gasteiger partial charge >= 0.3 is 0 Å². The maximum atomic E-state index is 11.8. The molecule has 0 bridgehead atoms. The van der Waals surface area contributed by atoms with Crippen LogP contribution in [-0.2, 0) is 4.74 Å². The molecule has 1 fully saturated rings. The quantitative estimate of drug-likeness (QED) is 0.429. The highest BCUT2D eigenvalue weighted by atomic mass is 16.6. The second-order valence-corrected chi connectivity index (χ2v) is 5.64. The second kappa shape index (κ2) is 4.74. The number of nitrogen functional groups attached to an aromatic ring is 1. The number of ether oxygens (including phenoxy) is 1. The van der Waals surface area contributed by atoms with Gasteiger partial charge in [0.1, 0.15) is 17.8 Å². The average Bonchev–Trinajstić information content (AvgIpc) is 2.91. The molecule has 1 aliphatic heterocycles. The third kappa shape index (κ3) is 2.00. The van der Waals surface area contributed by atoms with Crippen molar-refractivity contribution >= 4 is 17.1 Å². The van der Waals surface area contributed by atoms with E-state index in [4.69, 9.17) is 10.5 Å². The summed E-state index contributed by atoms with van der Waals surface area (Å²) in [6, 6.07) is 0. The van der Waals surface area contributed by atoms with Crippen molar-refractivity contribution in [1.82, 2.24) is 19.5 Å². The smallest absolute Gasteiger partial charge is 0.280 e. The molecule has 1 saturated heterocycles. The molecule has 0 aliphatic carbocycles. The van der Waals surface area contributed by atoms with Crippen LogP contribution in [0.3, 0.4) is 0 Å². The van der Waals surface area contributed by atoms with E-state index in [1.54, 1.807) is 0 Å². The fourth-order valence-electron chi connectivity index (χ4n) is 2.68. The van der Waals surface area contributed by atoms with E-state index in [0.717, 1.165) is 0 Å². The highest BCUT2D eigenvalue weighted by Gasteiger charge is 2.54. The molecule has 3 rings (SSSR count). The lowest BCUT2D eigenvalue weighted by molar-refractivity contribution is -0.0987. The van der Waals surface area contributed by atoms with Crippen LogP contribution in [0.15, 0.2) is 11.1 Å². The van der Waals surface area contributed by atoms with Crippen LogP contribution >= 0.6 is 0 Å². The molecule has 3 heterocycles. The number of hydrogen-bond donors (Lipinski definition) is 5. The zero-order valence-corrected chi connectivity index (χ0v) is 12.0. The van der Waals surface area contributed by atoms with E-state index in [1.165, 1.54) is 24.7 Å². The number of hydrogen-bond acceptors (Lipinski definition) is 8. The first kappa shape index (κ1) is 14.9. The third-order valence-electron chi connectivity index (χ3n) is 3.87. The number of aromatic amines is 1. The Balaban J connectivity index is 2.13. The molecule has 22 heavy (non-hydrogen) atoms. The monoisotopic (exact) mass is 311 g/mol. The second-order valence-electron chi connectivity index (χ2n) is 5.64. The minimum Gasteiger partial charge on any atom is -0.391 e. The number of nitrogens with zero attached hydrogens (tertiary/aromatic N) is 3. The number of anilines is 1. The number of fused-ring (bicyclic) bond motifs is 1. The van der Waals surface area contributed by atoms with E-state index >= 15 is 0 Å². The molecule has 0 radical (unpaired) electrons. The Morgan fingerprint density at radius 3 is 2.86 bits per heavy atom. The lowest BCUT2D eigenvalue weighted by Gasteiger charge is -2.27. The topological polar surface area (TPSA) is 160 Å². The summed E-state index contributed by atoms with van der Waals surface area (Å²) >= 11 is 0. The van der Waals surface area contributed by atoms with Crippen LogP contribution in [0.1, 0.15) is 20.1 Å². The fourth-order valence-corrected chi connectivity index (χ4v) is 2.68. The van der Waals surface area contributed by atoms with Gasteiger partial charge in [0.15, 0.2) is 17.4 Å². The van der Waals surface area contributed by atoms with Crippen LogP contribution in [-0.4, -0.2) is 58.8 Å². The number of aliphatic hydroxyl groups excluding tert-OH is 2. The Kier molecular flexibility index (Phi) is 3.22. The first-order valence-corrected chi connectivity index (χ1v) is 6.69. The zero-order chi connectivity index (χ0) is 16.2. The number of rotatable bonds is 2. The summed E-state index contributed by atoms with van der Waals surface area (Å²) in [6.45, 7) is 2.81. The van der Waals surface area contributed by atoms with E-state index in [9.17, 15) is 20.1 Å². The molecule has 10 nitrogen and oxygen atoms in total. The molecule has 0 saturated carbocycles. The molecule has 10 heteroatoms. The van der Waals surface area contributed by atoms with Crippen LogP contribution in [0.2, 0.25) is 0 Å². The Bertz CT molecular complexity index is 767. The largest absolute Gasteiger partial charge is 0.391 e. The number of H-pyrrole nitrogens is 1. The standard InChI is InChI=1S/C12H17N5O5/c1-4(18)6-7(19)12(2,21)10(22-6)17-3-14-5-8(17)15-11(13)16-9(5)20/h3-4,6-7,10,18-19,21H,1-2H3,(H3,13,15,16,20)/t4-,6+,7+,10+,12+/m0/s1. The van der Waals surface area contributed by atoms with Gasteiger partial charge < -0.3 is 25.8 Å². The summed E-state index contributed by atoms with van der Waals surface area (Å²) in [7, 11) is 0. The van der Waals surface area contributed by atoms with Gasteiger partial charge in [0.25, 0.3) is 5.56 Å². The summed E-state index contributed by atoms with van der Waals surface area (Å²) < 4.78 is 6.87. The van der Waals surface area contributed by atoms with E-state index in [-0.39, 0.29) is 17.1 Å². The van der Waals surface area contributed by atoms with Crippen molar-refractivity contribution in [2.45, 2.75) is 44.0 Å². The summed E-state index contributed by atoms with van der Waals surface area (Å²) in [4.78, 5) is 22.0. The average molecular weight is 311 g/mol. The third-order valence-corrected chi connectivity index (χ3v) is 3.87. The molecule has 1 aliphatic rings. The summed E-state index contributed by atoms with van der Waals surface area (Å²) in [5, 5.41) is 30.3. The van der Waals surface area contributed by atoms with Crippen LogP contribution in [0, 0.1) is 0 Å². The lowest BCUT2D eigenvalue weighted by atomic mass is 9.94. The van der Waals surface area contributed by atoms with Crippen molar-refractivity contribution in [1.29, 1.82) is 0 Å². The van der Waals surface area contributed by atoms with Crippen molar-refractivity contribution in [3.63, 3.8) is 0 Å². The van der Waals surface area contributed by atoms with E-state index in [0.29, 0.717) is 0 Å². The van der Waals surface area contributed by atoms with Crippen molar-refractivity contribution in [2.24, 2.45) is 0 Å². The predicted molar refractivity (Wildman–Crippen MR) is 74.8 cm³/mol. The van der Waals surface area contributed by atoms with Crippen molar-refractivity contribution in [2.75, 3.05) is 5.73 Å². The van der Waals surface area contributed by atoms with Crippen LogP contribution in [0.4, 0.5) is 5.95 Å². The lowest BCUT2D eigenvalue weighted by Crippen LogP contribution is -2.45. The molecule has 6 N–H and O–H groups in total. The highest BCUT2D eigenvalue weighted by Crippen LogP contribution is 2.40. The Hall–Kier alpha value is -2.01. The normalized spacial score (nSPS) is 33.4. The number of nitrogens with two attached hydrogens (primary N) is 1. The summed E-state index contributed by atoms with van der Waals surface area (Å²) in [5.74, 6) is -0.107. The van der Waals surface area contributed by atoms with Crippen molar-refractivity contribution in [3.05, 3.63) is 16.7 Å².